The van der Waals surface area contributed by atoms with E-state index in [1.807, 2.05) is 24.3 Å². The topological polar surface area (TPSA) is 78.4 Å². The summed E-state index contributed by atoms with van der Waals surface area (Å²) in [4.78, 5) is 22.8. The maximum atomic E-state index is 11.7. The van der Waals surface area contributed by atoms with Crippen LogP contribution in [0.25, 0.3) is 0 Å². The Hall–Kier alpha value is -2.04. The molecular weight excluding hydrogens is 268 g/mol. The van der Waals surface area contributed by atoms with Crippen molar-refractivity contribution in [1.29, 1.82) is 0 Å². The predicted molar refractivity (Wildman–Crippen MR) is 82.1 cm³/mol. The van der Waals surface area contributed by atoms with Crippen LogP contribution in [0.3, 0.4) is 0 Å². The molecule has 0 aliphatic rings. The Labute approximate surface area is 125 Å². The average Bonchev–Trinajstić information content (AvgIpc) is 2.50. The third kappa shape index (κ3) is 5.10. The molecule has 0 aliphatic carbocycles. The Morgan fingerprint density at radius 3 is 2.14 bits per heavy atom. The number of carboxylic acids is 1. The fraction of sp³-hybridized carbons (Fsp3) is 0.500. The minimum absolute atomic E-state index is 0.111. The number of rotatable bonds is 7. The lowest BCUT2D eigenvalue weighted by Crippen LogP contribution is -2.44. The quantitative estimate of drug-likeness (QED) is 0.722. The molecule has 3 N–H and O–H groups in total. The molecule has 0 bridgehead atoms. The van der Waals surface area contributed by atoms with Crippen molar-refractivity contribution in [2.24, 2.45) is 5.41 Å². The average molecular weight is 292 g/mol. The van der Waals surface area contributed by atoms with E-state index in [9.17, 15) is 9.59 Å². The summed E-state index contributed by atoms with van der Waals surface area (Å²) in [6, 6.07) is 7.68. The van der Waals surface area contributed by atoms with E-state index in [-0.39, 0.29) is 12.6 Å². The molecule has 116 valence electrons. The van der Waals surface area contributed by atoms with Crippen molar-refractivity contribution in [1.82, 2.24) is 10.6 Å². The standard InChI is InChI=1S/C16H24N2O3/c1-4-12-6-8-13(9-7-12)10-17-15(21)18-11-16(3,5-2)14(19)20/h6-9H,4-5,10-11H2,1-3H3,(H,19,20)(H2,17,18,21). The van der Waals surface area contributed by atoms with Crippen LogP contribution in [0.4, 0.5) is 4.79 Å². The molecular formula is C16H24N2O3. The Morgan fingerprint density at radius 2 is 1.67 bits per heavy atom. The summed E-state index contributed by atoms with van der Waals surface area (Å²) in [5.41, 5.74) is 1.34. The number of benzene rings is 1. The van der Waals surface area contributed by atoms with Crippen LogP contribution in [0.5, 0.6) is 0 Å². The first-order valence-corrected chi connectivity index (χ1v) is 7.24. The molecule has 1 rings (SSSR count). The molecule has 1 atom stereocenters. The lowest BCUT2D eigenvalue weighted by Gasteiger charge is -2.23. The van der Waals surface area contributed by atoms with Gasteiger partial charge < -0.3 is 15.7 Å². The first-order chi connectivity index (χ1) is 9.91. The Balaban J connectivity index is 2.41. The van der Waals surface area contributed by atoms with Gasteiger partial charge in [-0.2, -0.15) is 0 Å². The number of carboxylic acid groups (broad SMARTS) is 1. The van der Waals surface area contributed by atoms with E-state index in [1.54, 1.807) is 13.8 Å². The smallest absolute Gasteiger partial charge is 0.315 e. The molecule has 5 nitrogen and oxygen atoms in total. The van der Waals surface area contributed by atoms with Gasteiger partial charge in [0.1, 0.15) is 0 Å². The van der Waals surface area contributed by atoms with Gasteiger partial charge in [-0.25, -0.2) is 4.79 Å². The summed E-state index contributed by atoms with van der Waals surface area (Å²) in [5.74, 6) is -0.902. The van der Waals surface area contributed by atoms with Crippen molar-refractivity contribution in [2.75, 3.05) is 6.54 Å². The van der Waals surface area contributed by atoms with E-state index in [0.717, 1.165) is 12.0 Å². The van der Waals surface area contributed by atoms with Crippen LogP contribution in [0.15, 0.2) is 24.3 Å². The molecule has 21 heavy (non-hydrogen) atoms. The summed E-state index contributed by atoms with van der Waals surface area (Å²) < 4.78 is 0. The van der Waals surface area contributed by atoms with Crippen molar-refractivity contribution >= 4 is 12.0 Å². The predicted octanol–water partition coefficient (Wildman–Crippen LogP) is 2.55. The van der Waals surface area contributed by atoms with Gasteiger partial charge in [-0.15, -0.1) is 0 Å². The number of hydrogen-bond donors (Lipinski definition) is 3. The molecule has 2 amide bonds. The first-order valence-electron chi connectivity index (χ1n) is 7.24. The zero-order valence-electron chi connectivity index (χ0n) is 12.9. The minimum Gasteiger partial charge on any atom is -0.481 e. The SMILES string of the molecule is CCc1ccc(CNC(=O)NCC(C)(CC)C(=O)O)cc1. The van der Waals surface area contributed by atoms with Crippen molar-refractivity contribution < 1.29 is 14.7 Å². The zero-order chi connectivity index (χ0) is 15.9. The highest BCUT2D eigenvalue weighted by Gasteiger charge is 2.31. The van der Waals surface area contributed by atoms with Crippen LogP contribution in [-0.4, -0.2) is 23.7 Å². The number of carbonyl (C=O) groups excluding carboxylic acids is 1. The van der Waals surface area contributed by atoms with Crippen molar-refractivity contribution in [3.05, 3.63) is 35.4 Å². The van der Waals surface area contributed by atoms with Gasteiger partial charge >= 0.3 is 12.0 Å². The van der Waals surface area contributed by atoms with Crippen molar-refractivity contribution in [3.8, 4) is 0 Å². The van der Waals surface area contributed by atoms with E-state index in [4.69, 9.17) is 5.11 Å². The molecule has 5 heteroatoms. The van der Waals surface area contributed by atoms with E-state index in [0.29, 0.717) is 13.0 Å². The van der Waals surface area contributed by atoms with Gasteiger partial charge in [-0.3, -0.25) is 4.79 Å². The van der Waals surface area contributed by atoms with E-state index < -0.39 is 11.4 Å². The van der Waals surface area contributed by atoms with Gasteiger partial charge in [0.05, 0.1) is 5.41 Å². The molecule has 0 spiro atoms. The fourth-order valence-corrected chi connectivity index (χ4v) is 1.76. The Morgan fingerprint density at radius 1 is 1.10 bits per heavy atom. The molecule has 0 heterocycles. The van der Waals surface area contributed by atoms with Crippen LogP contribution < -0.4 is 10.6 Å². The van der Waals surface area contributed by atoms with E-state index >= 15 is 0 Å². The monoisotopic (exact) mass is 292 g/mol. The largest absolute Gasteiger partial charge is 0.481 e. The molecule has 1 aromatic carbocycles. The highest BCUT2D eigenvalue weighted by molar-refractivity contribution is 5.77. The minimum atomic E-state index is -0.930. The second-order valence-electron chi connectivity index (χ2n) is 5.43. The molecule has 1 aromatic rings. The van der Waals surface area contributed by atoms with Crippen LogP contribution in [0, 0.1) is 5.41 Å². The molecule has 0 aromatic heterocycles. The second kappa shape index (κ2) is 7.67. The number of aryl methyl sites for hydroxylation is 1. The van der Waals surface area contributed by atoms with Gasteiger partial charge in [-0.1, -0.05) is 38.1 Å². The molecule has 0 saturated heterocycles. The zero-order valence-corrected chi connectivity index (χ0v) is 12.9. The lowest BCUT2D eigenvalue weighted by molar-refractivity contribution is -0.147. The summed E-state index contributed by atoms with van der Waals surface area (Å²) >= 11 is 0. The number of amides is 2. The van der Waals surface area contributed by atoms with Gasteiger partial charge in [0, 0.05) is 13.1 Å². The maximum absolute atomic E-state index is 11.7. The van der Waals surface area contributed by atoms with Gasteiger partial charge in [0.2, 0.25) is 0 Å². The Bertz CT molecular complexity index is 485. The van der Waals surface area contributed by atoms with Crippen LogP contribution in [0.1, 0.15) is 38.3 Å². The maximum Gasteiger partial charge on any atom is 0.315 e. The first kappa shape index (κ1) is 17.0. The number of hydrogen-bond acceptors (Lipinski definition) is 2. The number of urea groups is 1. The normalized spacial score (nSPS) is 13.3. The highest BCUT2D eigenvalue weighted by atomic mass is 16.4. The molecule has 0 saturated carbocycles. The van der Waals surface area contributed by atoms with Gasteiger partial charge in [-0.05, 0) is 30.9 Å². The van der Waals surface area contributed by atoms with E-state index in [2.05, 4.69) is 17.6 Å². The number of aliphatic carboxylic acids is 1. The van der Waals surface area contributed by atoms with Crippen molar-refractivity contribution in [2.45, 2.75) is 40.2 Å². The number of carbonyl (C=O) groups is 2. The lowest BCUT2D eigenvalue weighted by atomic mass is 9.88. The van der Waals surface area contributed by atoms with E-state index in [1.165, 1.54) is 5.56 Å². The molecule has 0 aliphatic heterocycles. The van der Waals surface area contributed by atoms with Crippen LogP contribution in [0.2, 0.25) is 0 Å². The fourth-order valence-electron chi connectivity index (χ4n) is 1.76. The summed E-state index contributed by atoms with van der Waals surface area (Å²) in [6.45, 7) is 6.04. The summed E-state index contributed by atoms with van der Waals surface area (Å²) in [7, 11) is 0. The highest BCUT2D eigenvalue weighted by Crippen LogP contribution is 2.19. The third-order valence-corrected chi connectivity index (χ3v) is 3.82. The van der Waals surface area contributed by atoms with Crippen LogP contribution >= 0.6 is 0 Å². The number of nitrogens with one attached hydrogen (secondary N) is 2. The van der Waals surface area contributed by atoms with Gasteiger partial charge in [0.25, 0.3) is 0 Å². The summed E-state index contributed by atoms with van der Waals surface area (Å²) in [6.07, 6.45) is 1.44. The third-order valence-electron chi connectivity index (χ3n) is 3.82. The molecule has 0 radical (unpaired) electrons. The van der Waals surface area contributed by atoms with Crippen molar-refractivity contribution in [3.63, 3.8) is 0 Å². The molecule has 0 fully saturated rings. The Kier molecular flexibility index (Phi) is 6.21. The summed E-state index contributed by atoms with van der Waals surface area (Å²) in [5, 5.41) is 14.5. The second-order valence-corrected chi connectivity index (χ2v) is 5.43. The van der Waals surface area contributed by atoms with Crippen LogP contribution in [-0.2, 0) is 17.8 Å². The van der Waals surface area contributed by atoms with Gasteiger partial charge in [0.15, 0.2) is 0 Å². The molecule has 1 unspecified atom stereocenters.